The summed E-state index contributed by atoms with van der Waals surface area (Å²) >= 11 is 0. The zero-order valence-corrected chi connectivity index (χ0v) is 20.9. The Morgan fingerprint density at radius 3 is 2.61 bits per heavy atom. The number of piperidine rings is 1. The number of fused-ring (bicyclic) bond motifs is 3. The lowest BCUT2D eigenvalue weighted by Crippen LogP contribution is -2.37. The summed E-state index contributed by atoms with van der Waals surface area (Å²) in [6.07, 6.45) is 5.97. The number of carbonyl (C=O) groups is 1. The molecule has 4 fully saturated rings. The third-order valence-electron chi connectivity index (χ3n) is 9.82. The van der Waals surface area contributed by atoms with Crippen molar-refractivity contribution < 1.29 is 14.6 Å². The fourth-order valence-electron chi connectivity index (χ4n) is 7.72. The molecule has 3 heterocycles. The van der Waals surface area contributed by atoms with Gasteiger partial charge >= 0.3 is 0 Å². The molecule has 4 N–H and O–H groups in total. The molecule has 6 atom stereocenters. The molecule has 5 unspecified atom stereocenters. The van der Waals surface area contributed by atoms with Crippen molar-refractivity contribution in [2.75, 3.05) is 30.4 Å². The molecule has 2 saturated carbocycles. The van der Waals surface area contributed by atoms with E-state index in [0.717, 1.165) is 55.8 Å². The third-order valence-corrected chi connectivity index (χ3v) is 9.82. The normalized spacial score (nSPS) is 35.4. The number of anilines is 2. The minimum absolute atomic E-state index is 0.146. The van der Waals surface area contributed by atoms with Crippen LogP contribution in [0.4, 0.5) is 11.4 Å². The van der Waals surface area contributed by atoms with E-state index in [4.69, 9.17) is 4.74 Å². The fraction of sp³-hybridized carbons (Fsp3) is 0.552. The molecule has 0 radical (unpaired) electrons. The average Bonchev–Trinajstić information content (AvgIpc) is 3.44. The van der Waals surface area contributed by atoms with E-state index in [1.165, 1.54) is 24.1 Å². The maximum Gasteiger partial charge on any atom is 0.235 e. The molecule has 5 aliphatic rings. The van der Waals surface area contributed by atoms with Crippen LogP contribution in [0.2, 0.25) is 0 Å². The molecular weight excluding hydrogens is 452 g/mol. The van der Waals surface area contributed by atoms with Gasteiger partial charge in [0.15, 0.2) is 0 Å². The van der Waals surface area contributed by atoms with Crippen molar-refractivity contribution in [2.24, 2.45) is 17.8 Å². The van der Waals surface area contributed by atoms with Crippen LogP contribution in [0.5, 0.6) is 5.75 Å². The van der Waals surface area contributed by atoms with Crippen molar-refractivity contribution in [3.63, 3.8) is 0 Å². The first-order valence-electron chi connectivity index (χ1n) is 13.6. The molecule has 2 aliphatic carbocycles. The SMILES string of the molecule is COc1ccc2c(c1)[C@]1(CC1C1CCC3C(C1)NNC3c1ccc(N3CCC(O)CC3)cc1)C(=O)N2. The predicted octanol–water partition coefficient (Wildman–Crippen LogP) is 3.50. The summed E-state index contributed by atoms with van der Waals surface area (Å²) in [7, 11) is 1.69. The van der Waals surface area contributed by atoms with Gasteiger partial charge in [-0.2, -0.15) is 0 Å². The number of benzene rings is 2. The van der Waals surface area contributed by atoms with Crippen LogP contribution in [-0.2, 0) is 10.2 Å². The van der Waals surface area contributed by atoms with E-state index in [1.54, 1.807) is 7.11 Å². The number of amides is 1. The Balaban J connectivity index is 1.03. The maximum absolute atomic E-state index is 13.1. The van der Waals surface area contributed by atoms with Gasteiger partial charge in [-0.3, -0.25) is 10.2 Å². The molecular formula is C29H36N4O3. The average molecular weight is 489 g/mol. The fourth-order valence-corrected chi connectivity index (χ4v) is 7.72. The number of rotatable bonds is 4. The molecule has 190 valence electrons. The highest BCUT2D eigenvalue weighted by Gasteiger charge is 2.67. The molecule has 0 aromatic heterocycles. The number of hydrazine groups is 1. The lowest BCUT2D eigenvalue weighted by Gasteiger charge is -2.34. The van der Waals surface area contributed by atoms with Crippen LogP contribution in [0.15, 0.2) is 42.5 Å². The van der Waals surface area contributed by atoms with Gasteiger partial charge in [-0.25, -0.2) is 5.43 Å². The summed E-state index contributed by atoms with van der Waals surface area (Å²) in [5.41, 5.74) is 11.6. The molecule has 1 spiro atoms. The van der Waals surface area contributed by atoms with Gasteiger partial charge in [0, 0.05) is 30.5 Å². The van der Waals surface area contributed by atoms with Gasteiger partial charge in [0.25, 0.3) is 0 Å². The van der Waals surface area contributed by atoms with Crippen molar-refractivity contribution >= 4 is 17.3 Å². The number of hydrogen-bond donors (Lipinski definition) is 4. The van der Waals surface area contributed by atoms with E-state index in [0.29, 0.717) is 29.8 Å². The van der Waals surface area contributed by atoms with Crippen LogP contribution in [-0.4, -0.2) is 43.4 Å². The summed E-state index contributed by atoms with van der Waals surface area (Å²) in [5, 5.41) is 12.9. The largest absolute Gasteiger partial charge is 0.497 e. The summed E-state index contributed by atoms with van der Waals surface area (Å²) in [6, 6.07) is 15.8. The Morgan fingerprint density at radius 2 is 1.83 bits per heavy atom. The van der Waals surface area contributed by atoms with Crippen molar-refractivity contribution in [1.82, 2.24) is 10.9 Å². The maximum atomic E-state index is 13.1. The summed E-state index contributed by atoms with van der Waals surface area (Å²) in [4.78, 5) is 15.5. The topological polar surface area (TPSA) is 85.9 Å². The van der Waals surface area contributed by atoms with Gasteiger partial charge in [-0.15, -0.1) is 0 Å². The Morgan fingerprint density at radius 1 is 1.03 bits per heavy atom. The summed E-state index contributed by atoms with van der Waals surface area (Å²) < 4.78 is 5.46. The van der Waals surface area contributed by atoms with Gasteiger partial charge in [-0.05, 0) is 97.7 Å². The number of nitrogens with one attached hydrogen (secondary N) is 3. The van der Waals surface area contributed by atoms with E-state index >= 15 is 0 Å². The molecule has 0 bridgehead atoms. The first-order valence-corrected chi connectivity index (χ1v) is 13.6. The zero-order valence-electron chi connectivity index (χ0n) is 20.9. The molecule has 7 rings (SSSR count). The van der Waals surface area contributed by atoms with E-state index in [1.807, 2.05) is 12.1 Å². The number of aliphatic hydroxyl groups is 1. The predicted molar refractivity (Wildman–Crippen MR) is 139 cm³/mol. The minimum Gasteiger partial charge on any atom is -0.497 e. The van der Waals surface area contributed by atoms with E-state index in [9.17, 15) is 9.90 Å². The smallest absolute Gasteiger partial charge is 0.235 e. The number of nitrogens with zero attached hydrogens (tertiary/aromatic N) is 1. The van der Waals surface area contributed by atoms with E-state index < -0.39 is 0 Å². The summed E-state index contributed by atoms with van der Waals surface area (Å²) in [5.74, 6) is 2.54. The van der Waals surface area contributed by atoms with Gasteiger partial charge in [0.2, 0.25) is 5.91 Å². The molecule has 7 nitrogen and oxygen atoms in total. The van der Waals surface area contributed by atoms with Gasteiger partial charge in [0.05, 0.1) is 24.7 Å². The molecule has 2 aromatic rings. The van der Waals surface area contributed by atoms with E-state index in [2.05, 4.69) is 51.4 Å². The lowest BCUT2D eigenvalue weighted by molar-refractivity contribution is -0.118. The molecule has 36 heavy (non-hydrogen) atoms. The van der Waals surface area contributed by atoms with Crippen LogP contribution < -0.4 is 25.8 Å². The van der Waals surface area contributed by atoms with Gasteiger partial charge in [0.1, 0.15) is 5.75 Å². The highest BCUT2D eigenvalue weighted by molar-refractivity contribution is 6.09. The first-order chi connectivity index (χ1) is 17.6. The van der Waals surface area contributed by atoms with Crippen molar-refractivity contribution in [2.45, 2.75) is 62.1 Å². The number of hydrogen-bond acceptors (Lipinski definition) is 6. The van der Waals surface area contributed by atoms with Gasteiger partial charge < -0.3 is 20.1 Å². The Hall–Kier alpha value is -2.61. The second-order valence-electron chi connectivity index (χ2n) is 11.6. The first kappa shape index (κ1) is 22.6. The van der Waals surface area contributed by atoms with E-state index in [-0.39, 0.29) is 17.4 Å². The lowest BCUT2D eigenvalue weighted by atomic mass is 9.72. The highest BCUT2D eigenvalue weighted by Crippen LogP contribution is 2.65. The van der Waals surface area contributed by atoms with Crippen LogP contribution in [0.3, 0.4) is 0 Å². The Kier molecular flexibility index (Phi) is 5.31. The van der Waals surface area contributed by atoms with Crippen LogP contribution in [0, 0.1) is 17.8 Å². The summed E-state index contributed by atoms with van der Waals surface area (Å²) in [6.45, 7) is 1.85. The van der Waals surface area contributed by atoms with Crippen LogP contribution in [0.1, 0.15) is 55.7 Å². The number of methoxy groups -OCH3 is 1. The minimum atomic E-state index is -0.354. The molecule has 3 aliphatic heterocycles. The quantitative estimate of drug-likeness (QED) is 0.527. The van der Waals surface area contributed by atoms with Crippen LogP contribution in [0.25, 0.3) is 0 Å². The monoisotopic (exact) mass is 488 g/mol. The Labute approximate surface area is 212 Å². The number of ether oxygens (including phenoxy) is 1. The third kappa shape index (κ3) is 3.47. The highest BCUT2D eigenvalue weighted by atomic mass is 16.5. The van der Waals surface area contributed by atoms with Crippen LogP contribution >= 0.6 is 0 Å². The van der Waals surface area contributed by atoms with Crippen molar-refractivity contribution in [1.29, 1.82) is 0 Å². The number of carbonyl (C=O) groups excluding carboxylic acids is 1. The molecule has 1 amide bonds. The second-order valence-corrected chi connectivity index (χ2v) is 11.6. The van der Waals surface area contributed by atoms with Crippen molar-refractivity contribution in [3.05, 3.63) is 53.6 Å². The second kappa shape index (κ2) is 8.47. The van der Waals surface area contributed by atoms with Gasteiger partial charge in [-0.1, -0.05) is 12.1 Å². The number of aliphatic hydroxyl groups excluding tert-OH is 1. The van der Waals surface area contributed by atoms with Crippen molar-refractivity contribution in [3.8, 4) is 5.75 Å². The molecule has 2 aromatic carbocycles. The molecule has 2 saturated heterocycles. The zero-order chi connectivity index (χ0) is 24.4. The standard InChI is InChI=1S/C29H36N4O3/c1-36-21-7-9-25-23(15-21)29(28(35)30-25)16-24(29)18-4-8-22-26(14-18)31-32-27(22)17-2-5-19(6-3-17)33-12-10-20(34)11-13-33/h2-3,5-7,9,15,18,20,22,24,26-27,31-32,34H,4,8,10-14,16H2,1H3,(H,30,35)/t18?,22?,24?,26?,27?,29-/m0/s1. The Bertz CT molecular complexity index is 1160. The molecule has 7 heteroatoms.